The van der Waals surface area contributed by atoms with E-state index in [0.29, 0.717) is 6.61 Å². The monoisotopic (exact) mass is 294 g/mol. The molecule has 112 valence electrons. The van der Waals surface area contributed by atoms with Gasteiger partial charge in [0.05, 0.1) is 12.5 Å². The molecule has 0 heterocycles. The SMILES string of the molecule is CCOc1ccc(C#Cc2ccc(C(C)C(=O)O)cc2)cc1. The molecule has 1 unspecified atom stereocenters. The molecule has 22 heavy (non-hydrogen) atoms. The zero-order chi connectivity index (χ0) is 15.9. The lowest BCUT2D eigenvalue weighted by atomic mass is 10.0. The minimum atomic E-state index is -0.826. The molecule has 0 aliphatic heterocycles. The molecular weight excluding hydrogens is 276 g/mol. The van der Waals surface area contributed by atoms with Crippen LogP contribution >= 0.6 is 0 Å². The minimum absolute atomic E-state index is 0.506. The van der Waals surface area contributed by atoms with Crippen LogP contribution in [0.1, 0.15) is 36.5 Å². The van der Waals surface area contributed by atoms with Gasteiger partial charge in [0.2, 0.25) is 0 Å². The van der Waals surface area contributed by atoms with Gasteiger partial charge >= 0.3 is 5.97 Å². The average Bonchev–Trinajstić information content (AvgIpc) is 2.54. The van der Waals surface area contributed by atoms with E-state index in [4.69, 9.17) is 9.84 Å². The van der Waals surface area contributed by atoms with Crippen molar-refractivity contribution in [2.24, 2.45) is 0 Å². The predicted molar refractivity (Wildman–Crippen MR) is 86.1 cm³/mol. The maximum atomic E-state index is 10.9. The lowest BCUT2D eigenvalue weighted by Gasteiger charge is -2.05. The lowest BCUT2D eigenvalue weighted by molar-refractivity contribution is -0.138. The van der Waals surface area contributed by atoms with Crippen molar-refractivity contribution in [1.82, 2.24) is 0 Å². The molecule has 0 bridgehead atoms. The van der Waals surface area contributed by atoms with E-state index in [2.05, 4.69) is 11.8 Å². The molecule has 0 radical (unpaired) electrons. The van der Waals surface area contributed by atoms with Crippen LogP contribution in [0.3, 0.4) is 0 Å². The highest BCUT2D eigenvalue weighted by Crippen LogP contribution is 2.16. The van der Waals surface area contributed by atoms with Gasteiger partial charge in [0.25, 0.3) is 0 Å². The quantitative estimate of drug-likeness (QED) is 0.875. The van der Waals surface area contributed by atoms with E-state index >= 15 is 0 Å². The summed E-state index contributed by atoms with van der Waals surface area (Å²) in [4.78, 5) is 10.9. The molecule has 1 atom stereocenters. The number of hydrogen-bond acceptors (Lipinski definition) is 2. The van der Waals surface area contributed by atoms with Crippen molar-refractivity contribution < 1.29 is 14.6 Å². The van der Waals surface area contributed by atoms with E-state index in [-0.39, 0.29) is 0 Å². The molecule has 1 N–H and O–H groups in total. The number of carbonyl (C=O) groups is 1. The Morgan fingerprint density at radius 1 is 1.05 bits per heavy atom. The van der Waals surface area contributed by atoms with Crippen LogP contribution in [0.2, 0.25) is 0 Å². The highest BCUT2D eigenvalue weighted by molar-refractivity contribution is 5.75. The molecule has 0 amide bonds. The van der Waals surface area contributed by atoms with Crippen molar-refractivity contribution >= 4 is 5.97 Å². The zero-order valence-electron chi connectivity index (χ0n) is 12.7. The molecule has 0 aliphatic rings. The number of ether oxygens (including phenoxy) is 1. The summed E-state index contributed by atoms with van der Waals surface area (Å²) in [5.74, 6) is 5.65. The number of aliphatic carboxylic acids is 1. The molecular formula is C19H18O3. The molecule has 2 rings (SSSR count). The zero-order valence-corrected chi connectivity index (χ0v) is 12.7. The number of hydrogen-bond donors (Lipinski definition) is 1. The Bertz CT molecular complexity index is 688. The van der Waals surface area contributed by atoms with Gasteiger partial charge in [-0.3, -0.25) is 4.79 Å². The van der Waals surface area contributed by atoms with Gasteiger partial charge in [0.1, 0.15) is 5.75 Å². The van der Waals surface area contributed by atoms with Gasteiger partial charge < -0.3 is 9.84 Å². The predicted octanol–water partition coefficient (Wildman–Crippen LogP) is 3.67. The Balaban J connectivity index is 2.09. The highest BCUT2D eigenvalue weighted by Gasteiger charge is 2.12. The van der Waals surface area contributed by atoms with Crippen LogP contribution in [-0.2, 0) is 4.79 Å². The third kappa shape index (κ3) is 4.13. The van der Waals surface area contributed by atoms with Crippen molar-refractivity contribution in [3.8, 4) is 17.6 Å². The maximum Gasteiger partial charge on any atom is 0.310 e. The van der Waals surface area contributed by atoms with Gasteiger partial charge in [-0.05, 0) is 55.8 Å². The van der Waals surface area contributed by atoms with Crippen LogP contribution in [0.5, 0.6) is 5.75 Å². The minimum Gasteiger partial charge on any atom is -0.494 e. The average molecular weight is 294 g/mol. The summed E-state index contributed by atoms with van der Waals surface area (Å²) in [6.45, 7) is 4.26. The second-order valence-corrected chi connectivity index (χ2v) is 4.89. The Hall–Kier alpha value is -2.73. The van der Waals surface area contributed by atoms with Gasteiger partial charge in [-0.2, -0.15) is 0 Å². The first-order valence-electron chi connectivity index (χ1n) is 7.18. The largest absolute Gasteiger partial charge is 0.494 e. The van der Waals surface area contributed by atoms with E-state index in [1.165, 1.54) is 0 Å². The highest BCUT2D eigenvalue weighted by atomic mass is 16.5. The van der Waals surface area contributed by atoms with Crippen molar-refractivity contribution in [2.45, 2.75) is 19.8 Å². The summed E-state index contributed by atoms with van der Waals surface area (Å²) in [5.41, 5.74) is 2.54. The van der Waals surface area contributed by atoms with Crippen LogP contribution in [0.4, 0.5) is 0 Å². The van der Waals surface area contributed by atoms with Crippen molar-refractivity contribution in [3.05, 3.63) is 65.2 Å². The van der Waals surface area contributed by atoms with Gasteiger partial charge in [0, 0.05) is 11.1 Å². The van der Waals surface area contributed by atoms with Crippen molar-refractivity contribution in [3.63, 3.8) is 0 Å². The molecule has 3 nitrogen and oxygen atoms in total. The summed E-state index contributed by atoms with van der Waals surface area (Å²) < 4.78 is 5.38. The van der Waals surface area contributed by atoms with Crippen LogP contribution in [0.25, 0.3) is 0 Å². The van der Waals surface area contributed by atoms with Crippen molar-refractivity contribution in [1.29, 1.82) is 0 Å². The fourth-order valence-electron chi connectivity index (χ4n) is 1.94. The summed E-state index contributed by atoms with van der Waals surface area (Å²) >= 11 is 0. The van der Waals surface area contributed by atoms with E-state index in [0.717, 1.165) is 22.4 Å². The maximum absolute atomic E-state index is 10.9. The number of benzene rings is 2. The first kappa shape index (κ1) is 15.7. The molecule has 2 aromatic rings. The Morgan fingerprint density at radius 3 is 2.00 bits per heavy atom. The number of carboxylic acid groups (broad SMARTS) is 1. The molecule has 0 saturated heterocycles. The number of rotatable bonds is 4. The Kier molecular flexibility index (Phi) is 5.21. The van der Waals surface area contributed by atoms with Crippen LogP contribution in [0.15, 0.2) is 48.5 Å². The van der Waals surface area contributed by atoms with Crippen molar-refractivity contribution in [2.75, 3.05) is 6.61 Å². The standard InChI is InChI=1S/C19H18O3/c1-3-22-18-12-8-16(9-13-18)5-4-15-6-10-17(11-7-15)14(2)19(20)21/h6-14H,3H2,1-2H3,(H,20,21). The van der Waals surface area contributed by atoms with E-state index < -0.39 is 11.9 Å². The second kappa shape index (κ2) is 7.33. The molecule has 3 heteroatoms. The van der Waals surface area contributed by atoms with Gasteiger partial charge in [-0.15, -0.1) is 0 Å². The molecule has 0 spiro atoms. The summed E-state index contributed by atoms with van der Waals surface area (Å²) in [5, 5.41) is 8.98. The Morgan fingerprint density at radius 2 is 1.55 bits per heavy atom. The third-order valence-corrected chi connectivity index (χ3v) is 3.30. The van der Waals surface area contributed by atoms with Gasteiger partial charge in [0.15, 0.2) is 0 Å². The van der Waals surface area contributed by atoms with Gasteiger partial charge in [-0.1, -0.05) is 24.0 Å². The first-order chi connectivity index (χ1) is 10.6. The fourth-order valence-corrected chi connectivity index (χ4v) is 1.94. The summed E-state index contributed by atoms with van der Waals surface area (Å²) in [7, 11) is 0. The molecule has 0 fully saturated rings. The molecule has 0 aliphatic carbocycles. The third-order valence-electron chi connectivity index (χ3n) is 3.30. The van der Waals surface area contributed by atoms with E-state index in [1.54, 1.807) is 19.1 Å². The topological polar surface area (TPSA) is 46.5 Å². The normalized spacial score (nSPS) is 11.2. The Labute approximate surface area is 130 Å². The molecule has 0 saturated carbocycles. The van der Waals surface area contributed by atoms with E-state index in [9.17, 15) is 4.79 Å². The fraction of sp³-hybridized carbons (Fsp3) is 0.211. The number of carboxylic acids is 1. The smallest absolute Gasteiger partial charge is 0.310 e. The summed E-state index contributed by atoms with van der Waals surface area (Å²) in [6.07, 6.45) is 0. The lowest BCUT2D eigenvalue weighted by Crippen LogP contribution is -2.06. The molecule has 0 aromatic heterocycles. The van der Waals surface area contributed by atoms with Gasteiger partial charge in [-0.25, -0.2) is 0 Å². The van der Waals surface area contributed by atoms with Crippen LogP contribution in [0, 0.1) is 11.8 Å². The van der Waals surface area contributed by atoms with Crippen LogP contribution < -0.4 is 4.74 Å². The van der Waals surface area contributed by atoms with Crippen LogP contribution in [-0.4, -0.2) is 17.7 Å². The summed E-state index contributed by atoms with van der Waals surface area (Å²) in [6, 6.07) is 14.9. The van der Waals surface area contributed by atoms with E-state index in [1.807, 2.05) is 43.3 Å². The first-order valence-corrected chi connectivity index (χ1v) is 7.18. The molecule has 2 aromatic carbocycles. The second-order valence-electron chi connectivity index (χ2n) is 4.89.